The molecular formula is C13H22N4O2. The highest BCUT2D eigenvalue weighted by atomic mass is 16.5. The van der Waals surface area contributed by atoms with Crippen molar-refractivity contribution in [3.8, 4) is 5.88 Å². The van der Waals surface area contributed by atoms with Gasteiger partial charge in [-0.3, -0.25) is 4.90 Å². The molecule has 1 fully saturated rings. The molecule has 0 spiro atoms. The molecule has 0 aromatic carbocycles. The molecule has 1 aliphatic rings. The fourth-order valence-electron chi connectivity index (χ4n) is 2.31. The van der Waals surface area contributed by atoms with Crippen LogP contribution in [0.3, 0.4) is 0 Å². The molecule has 1 aromatic heterocycles. The summed E-state index contributed by atoms with van der Waals surface area (Å²) in [6, 6.07) is 2.22. The summed E-state index contributed by atoms with van der Waals surface area (Å²) < 4.78 is 10.3. The lowest BCUT2D eigenvalue weighted by atomic mass is 10.2. The van der Waals surface area contributed by atoms with Crippen LogP contribution in [0, 0.1) is 0 Å². The van der Waals surface area contributed by atoms with E-state index in [1.807, 2.05) is 0 Å². The molecule has 106 valence electrons. The Bertz CT molecular complexity index is 394. The topological polar surface area (TPSA) is 50.7 Å². The summed E-state index contributed by atoms with van der Waals surface area (Å²) in [6.07, 6.45) is 1.74. The van der Waals surface area contributed by atoms with E-state index in [-0.39, 0.29) is 0 Å². The van der Waals surface area contributed by atoms with Gasteiger partial charge in [0.15, 0.2) is 0 Å². The van der Waals surface area contributed by atoms with E-state index in [0.717, 1.165) is 38.7 Å². The SMILES string of the molecule is COC[C@H](C)N1CCN(c2nccc(OC)n2)CC1. The van der Waals surface area contributed by atoms with Crippen LogP contribution < -0.4 is 9.64 Å². The molecule has 2 heterocycles. The van der Waals surface area contributed by atoms with Crippen LogP contribution in [-0.4, -0.2) is 67.9 Å². The average molecular weight is 266 g/mol. The molecule has 19 heavy (non-hydrogen) atoms. The molecule has 2 rings (SSSR count). The lowest BCUT2D eigenvalue weighted by Crippen LogP contribution is -2.51. The van der Waals surface area contributed by atoms with Gasteiger partial charge in [0.1, 0.15) is 0 Å². The largest absolute Gasteiger partial charge is 0.481 e. The zero-order chi connectivity index (χ0) is 13.7. The standard InChI is InChI=1S/C13H22N4O2/c1-11(10-18-2)16-6-8-17(9-7-16)13-14-5-4-12(15-13)19-3/h4-5,11H,6-10H2,1-3H3/t11-/m0/s1. The lowest BCUT2D eigenvalue weighted by molar-refractivity contribution is 0.0951. The predicted octanol–water partition coefficient (Wildman–Crippen LogP) is 0.642. The smallest absolute Gasteiger partial charge is 0.228 e. The summed E-state index contributed by atoms with van der Waals surface area (Å²) in [5, 5.41) is 0. The Morgan fingerprint density at radius 1 is 1.26 bits per heavy atom. The normalized spacial score (nSPS) is 18.4. The van der Waals surface area contributed by atoms with Gasteiger partial charge < -0.3 is 14.4 Å². The first-order valence-corrected chi connectivity index (χ1v) is 6.59. The van der Waals surface area contributed by atoms with Gasteiger partial charge >= 0.3 is 0 Å². The summed E-state index contributed by atoms with van der Waals surface area (Å²) in [7, 11) is 3.37. The number of aromatic nitrogens is 2. The molecule has 0 unspecified atom stereocenters. The van der Waals surface area contributed by atoms with Crippen molar-refractivity contribution in [2.75, 3.05) is 51.9 Å². The summed E-state index contributed by atoms with van der Waals surface area (Å²) >= 11 is 0. The van der Waals surface area contributed by atoms with E-state index in [0.29, 0.717) is 11.9 Å². The van der Waals surface area contributed by atoms with Gasteiger partial charge in [0.2, 0.25) is 11.8 Å². The third-order valence-electron chi connectivity index (χ3n) is 3.45. The van der Waals surface area contributed by atoms with Gasteiger partial charge in [-0.25, -0.2) is 4.98 Å². The number of anilines is 1. The first-order chi connectivity index (χ1) is 9.24. The van der Waals surface area contributed by atoms with E-state index in [1.165, 1.54) is 0 Å². The van der Waals surface area contributed by atoms with Gasteiger partial charge in [0.25, 0.3) is 0 Å². The van der Waals surface area contributed by atoms with Gasteiger partial charge in [0.05, 0.1) is 13.7 Å². The second-order valence-electron chi connectivity index (χ2n) is 4.73. The van der Waals surface area contributed by atoms with Crippen LogP contribution in [0.5, 0.6) is 5.88 Å². The number of piperazine rings is 1. The minimum Gasteiger partial charge on any atom is -0.481 e. The Morgan fingerprint density at radius 2 is 2.00 bits per heavy atom. The number of nitrogens with zero attached hydrogens (tertiary/aromatic N) is 4. The zero-order valence-corrected chi connectivity index (χ0v) is 11.9. The van der Waals surface area contributed by atoms with E-state index in [2.05, 4.69) is 26.7 Å². The molecule has 0 aliphatic carbocycles. The first kappa shape index (κ1) is 14.0. The van der Waals surface area contributed by atoms with Gasteiger partial charge in [0, 0.05) is 51.6 Å². The number of hydrogen-bond donors (Lipinski definition) is 0. The summed E-state index contributed by atoms with van der Waals surface area (Å²) in [5.41, 5.74) is 0. The van der Waals surface area contributed by atoms with Crippen LogP contribution in [0.4, 0.5) is 5.95 Å². The van der Waals surface area contributed by atoms with Crippen molar-refractivity contribution >= 4 is 5.95 Å². The van der Waals surface area contributed by atoms with Crippen LogP contribution in [0.25, 0.3) is 0 Å². The Kier molecular flexibility index (Phi) is 4.93. The Hall–Kier alpha value is -1.40. The molecule has 1 atom stereocenters. The number of hydrogen-bond acceptors (Lipinski definition) is 6. The van der Waals surface area contributed by atoms with Crippen molar-refractivity contribution in [1.82, 2.24) is 14.9 Å². The van der Waals surface area contributed by atoms with Crippen molar-refractivity contribution in [3.05, 3.63) is 12.3 Å². The number of rotatable bonds is 5. The maximum Gasteiger partial charge on any atom is 0.228 e. The van der Waals surface area contributed by atoms with Crippen LogP contribution in [0.2, 0.25) is 0 Å². The Balaban J connectivity index is 1.92. The molecule has 0 bridgehead atoms. The second kappa shape index (κ2) is 6.68. The first-order valence-electron chi connectivity index (χ1n) is 6.59. The van der Waals surface area contributed by atoms with Crippen LogP contribution in [0.15, 0.2) is 12.3 Å². The quantitative estimate of drug-likeness (QED) is 0.779. The van der Waals surface area contributed by atoms with Gasteiger partial charge in [-0.1, -0.05) is 0 Å². The summed E-state index contributed by atoms with van der Waals surface area (Å²) in [4.78, 5) is 13.3. The third kappa shape index (κ3) is 3.54. The lowest BCUT2D eigenvalue weighted by Gasteiger charge is -2.37. The zero-order valence-electron chi connectivity index (χ0n) is 11.9. The van der Waals surface area contributed by atoms with Gasteiger partial charge in [-0.05, 0) is 6.92 Å². The van der Waals surface area contributed by atoms with Gasteiger partial charge in [-0.15, -0.1) is 0 Å². The third-order valence-corrected chi connectivity index (χ3v) is 3.45. The van der Waals surface area contributed by atoms with Crippen molar-refractivity contribution in [3.63, 3.8) is 0 Å². The molecular weight excluding hydrogens is 244 g/mol. The molecule has 0 radical (unpaired) electrons. The molecule has 0 saturated carbocycles. The number of ether oxygens (including phenoxy) is 2. The Labute approximate surface area is 114 Å². The van der Waals surface area contributed by atoms with Crippen LogP contribution >= 0.6 is 0 Å². The molecule has 1 aliphatic heterocycles. The van der Waals surface area contributed by atoms with E-state index in [9.17, 15) is 0 Å². The highest BCUT2D eigenvalue weighted by Crippen LogP contribution is 2.15. The van der Waals surface area contributed by atoms with E-state index < -0.39 is 0 Å². The van der Waals surface area contributed by atoms with E-state index in [1.54, 1.807) is 26.5 Å². The molecule has 6 heteroatoms. The van der Waals surface area contributed by atoms with E-state index >= 15 is 0 Å². The molecule has 0 N–H and O–H groups in total. The summed E-state index contributed by atoms with van der Waals surface area (Å²) in [6.45, 7) is 6.84. The molecule has 1 saturated heterocycles. The van der Waals surface area contributed by atoms with E-state index in [4.69, 9.17) is 9.47 Å². The monoisotopic (exact) mass is 266 g/mol. The van der Waals surface area contributed by atoms with Crippen molar-refractivity contribution < 1.29 is 9.47 Å². The van der Waals surface area contributed by atoms with Crippen LogP contribution in [0.1, 0.15) is 6.92 Å². The highest BCUT2D eigenvalue weighted by Gasteiger charge is 2.22. The minimum atomic E-state index is 0.457. The highest BCUT2D eigenvalue weighted by molar-refractivity contribution is 5.32. The van der Waals surface area contributed by atoms with Crippen molar-refractivity contribution in [1.29, 1.82) is 0 Å². The maximum absolute atomic E-state index is 5.20. The average Bonchev–Trinajstić information content (AvgIpc) is 2.48. The van der Waals surface area contributed by atoms with Crippen LogP contribution in [-0.2, 0) is 4.74 Å². The van der Waals surface area contributed by atoms with Crippen molar-refractivity contribution in [2.45, 2.75) is 13.0 Å². The molecule has 6 nitrogen and oxygen atoms in total. The van der Waals surface area contributed by atoms with Crippen molar-refractivity contribution in [2.24, 2.45) is 0 Å². The molecule has 1 aromatic rings. The minimum absolute atomic E-state index is 0.457. The fraction of sp³-hybridized carbons (Fsp3) is 0.692. The predicted molar refractivity (Wildman–Crippen MR) is 73.7 cm³/mol. The Morgan fingerprint density at radius 3 is 2.63 bits per heavy atom. The number of methoxy groups -OCH3 is 2. The fourth-order valence-corrected chi connectivity index (χ4v) is 2.31. The maximum atomic E-state index is 5.20. The second-order valence-corrected chi connectivity index (χ2v) is 4.73. The molecule has 0 amide bonds. The summed E-state index contributed by atoms with van der Waals surface area (Å²) in [5.74, 6) is 1.36. The van der Waals surface area contributed by atoms with Gasteiger partial charge in [-0.2, -0.15) is 4.98 Å².